The van der Waals surface area contributed by atoms with Crippen molar-refractivity contribution in [1.82, 2.24) is 9.78 Å². The predicted octanol–water partition coefficient (Wildman–Crippen LogP) is 3.36. The number of aliphatic hydroxyl groups excluding tert-OH is 1. The Morgan fingerprint density at radius 2 is 1.96 bits per heavy atom. The fourth-order valence-electron chi connectivity index (χ4n) is 2.62. The van der Waals surface area contributed by atoms with Crippen LogP contribution in [0.5, 0.6) is 0 Å². The summed E-state index contributed by atoms with van der Waals surface area (Å²) in [6.45, 7) is 5.08. The molecule has 0 fully saturated rings. The average molecular weight is 311 g/mol. The summed E-state index contributed by atoms with van der Waals surface area (Å²) >= 11 is 0. The van der Waals surface area contributed by atoms with Crippen molar-refractivity contribution >= 4 is 5.82 Å². The number of hydrogen-bond donors (Lipinski definition) is 2. The summed E-state index contributed by atoms with van der Waals surface area (Å²) in [4.78, 5) is 0. The van der Waals surface area contributed by atoms with Crippen molar-refractivity contribution in [2.75, 3.05) is 11.9 Å². The van der Waals surface area contributed by atoms with Crippen molar-refractivity contribution in [2.24, 2.45) is 0 Å². The van der Waals surface area contributed by atoms with E-state index in [4.69, 9.17) is 4.42 Å². The van der Waals surface area contributed by atoms with Crippen LogP contribution in [-0.2, 0) is 13.1 Å². The quantitative estimate of drug-likeness (QED) is 0.732. The molecule has 0 aliphatic rings. The molecule has 0 spiro atoms. The molecule has 2 heterocycles. The zero-order valence-electron chi connectivity index (χ0n) is 13.4. The molecule has 5 heteroatoms. The molecule has 0 aliphatic carbocycles. The first-order chi connectivity index (χ1) is 11.2. The van der Waals surface area contributed by atoms with Gasteiger partial charge < -0.3 is 14.8 Å². The third-order valence-electron chi connectivity index (χ3n) is 3.77. The van der Waals surface area contributed by atoms with Gasteiger partial charge in [0.05, 0.1) is 18.8 Å². The zero-order chi connectivity index (χ0) is 16.2. The van der Waals surface area contributed by atoms with Crippen LogP contribution in [0.1, 0.15) is 17.1 Å². The Hall–Kier alpha value is -2.53. The Morgan fingerprint density at radius 1 is 1.17 bits per heavy atom. The number of hydrogen-bond acceptors (Lipinski definition) is 4. The summed E-state index contributed by atoms with van der Waals surface area (Å²) in [6, 6.07) is 14.1. The molecule has 2 aromatic heterocycles. The lowest BCUT2D eigenvalue weighted by Crippen LogP contribution is -2.10. The minimum atomic E-state index is 0.0500. The van der Waals surface area contributed by atoms with Gasteiger partial charge in [-0.25, -0.2) is 4.68 Å². The largest absolute Gasteiger partial charge is 0.466 e. The summed E-state index contributed by atoms with van der Waals surface area (Å²) in [7, 11) is 0. The number of aromatic nitrogens is 2. The molecule has 0 bridgehead atoms. The van der Waals surface area contributed by atoms with Gasteiger partial charge in [-0.1, -0.05) is 30.3 Å². The van der Waals surface area contributed by atoms with E-state index in [9.17, 15) is 5.11 Å². The molecule has 0 unspecified atom stereocenters. The SMILES string of the molecule is Cc1cc(CNc2cc(-c3ccccc3)nn2CCO)c(C)o1. The van der Waals surface area contributed by atoms with Gasteiger partial charge in [0.25, 0.3) is 0 Å². The van der Waals surface area contributed by atoms with E-state index >= 15 is 0 Å². The van der Waals surface area contributed by atoms with E-state index in [2.05, 4.69) is 10.4 Å². The van der Waals surface area contributed by atoms with E-state index in [0.29, 0.717) is 13.1 Å². The van der Waals surface area contributed by atoms with Gasteiger partial charge >= 0.3 is 0 Å². The van der Waals surface area contributed by atoms with Gasteiger partial charge in [0.1, 0.15) is 17.3 Å². The van der Waals surface area contributed by atoms with Gasteiger partial charge in [-0.3, -0.25) is 0 Å². The van der Waals surface area contributed by atoms with Crippen LogP contribution in [0, 0.1) is 13.8 Å². The van der Waals surface area contributed by atoms with Crippen LogP contribution in [0.15, 0.2) is 46.9 Å². The molecule has 2 N–H and O–H groups in total. The monoisotopic (exact) mass is 311 g/mol. The Bertz CT molecular complexity index is 775. The van der Waals surface area contributed by atoms with Gasteiger partial charge in [0.2, 0.25) is 0 Å². The second-order valence-electron chi connectivity index (χ2n) is 5.52. The molecular formula is C18H21N3O2. The Kier molecular flexibility index (Phi) is 4.48. The molecule has 0 amide bonds. The van der Waals surface area contributed by atoms with E-state index in [1.165, 1.54) is 0 Å². The maximum absolute atomic E-state index is 9.25. The van der Waals surface area contributed by atoms with Crippen LogP contribution in [-0.4, -0.2) is 21.5 Å². The maximum atomic E-state index is 9.25. The number of benzene rings is 1. The second-order valence-corrected chi connectivity index (χ2v) is 5.52. The summed E-state index contributed by atoms with van der Waals surface area (Å²) < 4.78 is 7.35. The highest BCUT2D eigenvalue weighted by atomic mass is 16.3. The molecule has 1 aromatic carbocycles. The van der Waals surface area contributed by atoms with Crippen LogP contribution in [0.3, 0.4) is 0 Å². The van der Waals surface area contributed by atoms with E-state index in [1.807, 2.05) is 56.3 Å². The number of furan rings is 1. The van der Waals surface area contributed by atoms with Crippen LogP contribution in [0.4, 0.5) is 5.82 Å². The van der Waals surface area contributed by atoms with Crippen LogP contribution < -0.4 is 5.32 Å². The Labute approximate surface area is 135 Å². The van der Waals surface area contributed by atoms with Crippen molar-refractivity contribution in [1.29, 1.82) is 0 Å². The van der Waals surface area contributed by atoms with E-state index < -0.39 is 0 Å². The Morgan fingerprint density at radius 3 is 2.61 bits per heavy atom. The van der Waals surface area contributed by atoms with Crippen molar-refractivity contribution in [2.45, 2.75) is 26.9 Å². The molecule has 23 heavy (non-hydrogen) atoms. The maximum Gasteiger partial charge on any atom is 0.125 e. The van der Waals surface area contributed by atoms with Crippen molar-refractivity contribution in [3.8, 4) is 11.3 Å². The number of anilines is 1. The number of aliphatic hydroxyl groups is 1. The molecule has 3 aromatic rings. The first kappa shape index (κ1) is 15.4. The molecule has 0 aliphatic heterocycles. The van der Waals surface area contributed by atoms with E-state index in [-0.39, 0.29) is 6.61 Å². The summed E-state index contributed by atoms with van der Waals surface area (Å²) in [6.07, 6.45) is 0. The summed E-state index contributed by atoms with van der Waals surface area (Å²) in [5, 5.41) is 17.2. The highest BCUT2D eigenvalue weighted by Crippen LogP contribution is 2.23. The average Bonchev–Trinajstić information content (AvgIpc) is 3.09. The number of rotatable bonds is 6. The molecule has 5 nitrogen and oxygen atoms in total. The molecular weight excluding hydrogens is 290 g/mol. The van der Waals surface area contributed by atoms with Gasteiger partial charge in [-0.15, -0.1) is 0 Å². The standard InChI is InChI=1S/C18H21N3O2/c1-13-10-16(14(2)23-13)12-19-18-11-17(20-21(18)8-9-22)15-6-4-3-5-7-15/h3-7,10-11,19,22H,8-9,12H2,1-2H3. The fourth-order valence-corrected chi connectivity index (χ4v) is 2.62. The first-order valence-electron chi connectivity index (χ1n) is 7.71. The van der Waals surface area contributed by atoms with E-state index in [0.717, 1.165) is 34.2 Å². The van der Waals surface area contributed by atoms with E-state index in [1.54, 1.807) is 4.68 Å². The normalized spacial score (nSPS) is 10.9. The first-order valence-corrected chi connectivity index (χ1v) is 7.71. The van der Waals surface area contributed by atoms with Crippen molar-refractivity contribution in [3.63, 3.8) is 0 Å². The third kappa shape index (κ3) is 3.46. The number of nitrogens with zero attached hydrogens (tertiary/aromatic N) is 2. The molecule has 0 atom stereocenters. The lowest BCUT2D eigenvalue weighted by Gasteiger charge is -2.07. The molecule has 0 saturated carbocycles. The second kappa shape index (κ2) is 6.71. The highest BCUT2D eigenvalue weighted by molar-refractivity contribution is 5.63. The molecule has 0 radical (unpaired) electrons. The van der Waals surface area contributed by atoms with Gasteiger partial charge in [-0.2, -0.15) is 5.10 Å². The molecule has 120 valence electrons. The minimum Gasteiger partial charge on any atom is -0.466 e. The van der Waals surface area contributed by atoms with Crippen LogP contribution in [0.2, 0.25) is 0 Å². The summed E-state index contributed by atoms with van der Waals surface area (Å²) in [5.41, 5.74) is 3.07. The van der Waals surface area contributed by atoms with Gasteiger partial charge in [0.15, 0.2) is 0 Å². The van der Waals surface area contributed by atoms with Crippen LogP contribution >= 0.6 is 0 Å². The van der Waals surface area contributed by atoms with Crippen molar-refractivity contribution < 1.29 is 9.52 Å². The fraction of sp³-hybridized carbons (Fsp3) is 0.278. The smallest absolute Gasteiger partial charge is 0.125 e. The predicted molar refractivity (Wildman–Crippen MR) is 90.3 cm³/mol. The number of aryl methyl sites for hydroxylation is 2. The minimum absolute atomic E-state index is 0.0500. The van der Waals surface area contributed by atoms with Gasteiger partial charge in [-0.05, 0) is 19.9 Å². The number of nitrogens with one attached hydrogen (secondary N) is 1. The van der Waals surface area contributed by atoms with Crippen molar-refractivity contribution in [3.05, 3.63) is 59.5 Å². The zero-order valence-corrected chi connectivity index (χ0v) is 13.4. The Balaban J connectivity index is 1.82. The summed E-state index contributed by atoms with van der Waals surface area (Å²) in [5.74, 6) is 2.72. The molecule has 3 rings (SSSR count). The van der Waals surface area contributed by atoms with Gasteiger partial charge in [0, 0.05) is 23.7 Å². The third-order valence-corrected chi connectivity index (χ3v) is 3.77. The molecule has 0 saturated heterocycles. The topological polar surface area (TPSA) is 63.2 Å². The van der Waals surface area contributed by atoms with Crippen LogP contribution in [0.25, 0.3) is 11.3 Å². The highest BCUT2D eigenvalue weighted by Gasteiger charge is 2.10. The lowest BCUT2D eigenvalue weighted by molar-refractivity contribution is 0.270. The lowest BCUT2D eigenvalue weighted by atomic mass is 10.1.